The van der Waals surface area contributed by atoms with E-state index < -0.39 is 27.6 Å². The Kier molecular flexibility index (Phi) is 6.64. The number of nitrogens with zero attached hydrogens (tertiary/aromatic N) is 2. The summed E-state index contributed by atoms with van der Waals surface area (Å²) < 4.78 is 54.3. The zero-order valence-electron chi connectivity index (χ0n) is 16.6. The molecule has 162 valence electrons. The molecule has 1 N–H and O–H groups in total. The van der Waals surface area contributed by atoms with Gasteiger partial charge in [-0.3, -0.25) is 4.79 Å². The number of hydrogen-bond acceptors (Lipinski definition) is 4. The number of halogens is 3. The van der Waals surface area contributed by atoms with Crippen molar-refractivity contribution in [3.05, 3.63) is 52.6 Å². The predicted octanol–water partition coefficient (Wildman–Crippen LogP) is 4.11. The van der Waals surface area contributed by atoms with Crippen molar-refractivity contribution in [2.24, 2.45) is 0 Å². The first-order valence-corrected chi connectivity index (χ1v) is 11.2. The SMILES string of the molecule is CN(C)c1ccc(S(=O)(=O)N2CCCCC2)cc1NC(=O)c1cc(F)c(F)cc1Cl. The number of anilines is 2. The number of sulfonamides is 1. The zero-order chi connectivity index (χ0) is 22.1. The zero-order valence-corrected chi connectivity index (χ0v) is 18.2. The number of carbonyl (C=O) groups is 1. The summed E-state index contributed by atoms with van der Waals surface area (Å²) in [5, 5.41) is 2.32. The van der Waals surface area contributed by atoms with Crippen molar-refractivity contribution in [3.63, 3.8) is 0 Å². The molecule has 3 rings (SSSR count). The Labute approximate surface area is 179 Å². The maximum atomic E-state index is 13.6. The lowest BCUT2D eigenvalue weighted by Crippen LogP contribution is -2.35. The van der Waals surface area contributed by atoms with Crippen LogP contribution in [0.1, 0.15) is 29.6 Å². The molecule has 1 fully saturated rings. The van der Waals surface area contributed by atoms with Crippen LogP contribution in [-0.4, -0.2) is 45.8 Å². The Bertz CT molecular complexity index is 1070. The number of hydrogen-bond donors (Lipinski definition) is 1. The van der Waals surface area contributed by atoms with E-state index in [0.29, 0.717) is 24.8 Å². The second-order valence-corrected chi connectivity index (χ2v) is 9.58. The smallest absolute Gasteiger partial charge is 0.257 e. The van der Waals surface area contributed by atoms with Crippen molar-refractivity contribution >= 4 is 38.9 Å². The second-order valence-electron chi connectivity index (χ2n) is 7.24. The fourth-order valence-corrected chi connectivity index (χ4v) is 5.09. The lowest BCUT2D eigenvalue weighted by atomic mass is 10.1. The molecule has 1 heterocycles. The molecule has 0 bridgehead atoms. The second kappa shape index (κ2) is 8.87. The normalized spacial score (nSPS) is 15.1. The lowest BCUT2D eigenvalue weighted by Gasteiger charge is -2.26. The minimum Gasteiger partial charge on any atom is -0.376 e. The summed E-state index contributed by atoms with van der Waals surface area (Å²) in [5.74, 6) is -3.16. The summed E-state index contributed by atoms with van der Waals surface area (Å²) in [7, 11) is -0.259. The van der Waals surface area contributed by atoms with Crippen LogP contribution in [0.3, 0.4) is 0 Å². The number of nitrogens with one attached hydrogen (secondary N) is 1. The van der Waals surface area contributed by atoms with Crippen molar-refractivity contribution in [1.29, 1.82) is 0 Å². The molecule has 1 aliphatic heterocycles. The van der Waals surface area contributed by atoms with Crippen LogP contribution >= 0.6 is 11.6 Å². The summed E-state index contributed by atoms with van der Waals surface area (Å²) in [6.45, 7) is 0.897. The molecular weight excluding hydrogens is 436 g/mol. The molecule has 0 aliphatic carbocycles. The van der Waals surface area contributed by atoms with Crippen molar-refractivity contribution in [2.75, 3.05) is 37.4 Å². The van der Waals surface area contributed by atoms with Crippen LogP contribution in [0, 0.1) is 11.6 Å². The molecule has 0 aromatic heterocycles. The Balaban J connectivity index is 1.98. The molecule has 6 nitrogen and oxygen atoms in total. The van der Waals surface area contributed by atoms with Gasteiger partial charge in [-0.25, -0.2) is 17.2 Å². The minimum absolute atomic E-state index is 0.0432. The minimum atomic E-state index is -3.72. The van der Waals surface area contributed by atoms with Gasteiger partial charge < -0.3 is 10.2 Å². The number of benzene rings is 2. The van der Waals surface area contributed by atoms with E-state index in [4.69, 9.17) is 11.6 Å². The van der Waals surface area contributed by atoms with Crippen LogP contribution < -0.4 is 10.2 Å². The molecule has 0 saturated carbocycles. The third-order valence-corrected chi connectivity index (χ3v) is 7.11. The fraction of sp³-hybridized carbons (Fsp3) is 0.350. The average Bonchev–Trinajstić information content (AvgIpc) is 2.71. The standard InChI is InChI=1S/C20H22ClF2N3O3S/c1-25(2)19-7-6-13(30(28,29)26-8-4-3-5-9-26)10-18(19)24-20(27)14-11-16(22)17(23)12-15(14)21/h6-7,10-12H,3-5,8-9H2,1-2H3,(H,24,27). The van der Waals surface area contributed by atoms with Gasteiger partial charge in [0.25, 0.3) is 5.91 Å². The van der Waals surface area contributed by atoms with Gasteiger partial charge in [-0.05, 0) is 43.2 Å². The quantitative estimate of drug-likeness (QED) is 0.686. The molecule has 30 heavy (non-hydrogen) atoms. The van der Waals surface area contributed by atoms with E-state index in [1.807, 2.05) is 0 Å². The van der Waals surface area contributed by atoms with E-state index >= 15 is 0 Å². The summed E-state index contributed by atoms with van der Waals surface area (Å²) in [6, 6.07) is 5.86. The molecule has 1 amide bonds. The summed E-state index contributed by atoms with van der Waals surface area (Å²) in [4.78, 5) is 14.4. The molecule has 0 atom stereocenters. The lowest BCUT2D eigenvalue weighted by molar-refractivity contribution is 0.102. The van der Waals surface area contributed by atoms with Gasteiger partial charge in [-0.15, -0.1) is 0 Å². The highest BCUT2D eigenvalue weighted by molar-refractivity contribution is 7.89. The highest BCUT2D eigenvalue weighted by Gasteiger charge is 2.27. The molecule has 0 unspecified atom stereocenters. The van der Waals surface area contributed by atoms with Gasteiger partial charge in [0.05, 0.1) is 26.9 Å². The van der Waals surface area contributed by atoms with Gasteiger partial charge in [-0.2, -0.15) is 4.31 Å². The molecule has 0 spiro atoms. The van der Waals surface area contributed by atoms with Crippen molar-refractivity contribution in [1.82, 2.24) is 4.31 Å². The summed E-state index contributed by atoms with van der Waals surface area (Å²) in [6.07, 6.45) is 2.59. The third-order valence-electron chi connectivity index (χ3n) is 4.91. The largest absolute Gasteiger partial charge is 0.376 e. The average molecular weight is 458 g/mol. The molecule has 1 saturated heterocycles. The van der Waals surface area contributed by atoms with Gasteiger partial charge in [0.2, 0.25) is 10.0 Å². The summed E-state index contributed by atoms with van der Waals surface area (Å²) >= 11 is 5.89. The van der Waals surface area contributed by atoms with Crippen LogP contribution in [-0.2, 0) is 10.0 Å². The van der Waals surface area contributed by atoms with E-state index in [2.05, 4.69) is 5.32 Å². The van der Waals surface area contributed by atoms with E-state index in [0.717, 1.165) is 25.3 Å². The highest BCUT2D eigenvalue weighted by Crippen LogP contribution is 2.31. The van der Waals surface area contributed by atoms with Crippen molar-refractivity contribution < 1.29 is 22.0 Å². The molecule has 1 aliphatic rings. The van der Waals surface area contributed by atoms with Gasteiger partial charge in [0.1, 0.15) is 0 Å². The van der Waals surface area contributed by atoms with Crippen LogP contribution in [0.15, 0.2) is 35.2 Å². The maximum absolute atomic E-state index is 13.6. The fourth-order valence-electron chi connectivity index (χ4n) is 3.31. The number of rotatable bonds is 5. The number of piperidine rings is 1. The monoisotopic (exact) mass is 457 g/mol. The van der Waals surface area contributed by atoms with Crippen LogP contribution in [0.2, 0.25) is 5.02 Å². The van der Waals surface area contributed by atoms with E-state index in [-0.39, 0.29) is 21.2 Å². The highest BCUT2D eigenvalue weighted by atomic mass is 35.5. The van der Waals surface area contributed by atoms with Gasteiger partial charge in [-0.1, -0.05) is 18.0 Å². The van der Waals surface area contributed by atoms with E-state index in [1.54, 1.807) is 25.1 Å². The van der Waals surface area contributed by atoms with Crippen LogP contribution in [0.5, 0.6) is 0 Å². The Morgan fingerprint density at radius 2 is 1.70 bits per heavy atom. The van der Waals surface area contributed by atoms with Crippen LogP contribution in [0.25, 0.3) is 0 Å². The Morgan fingerprint density at radius 3 is 2.33 bits per heavy atom. The topological polar surface area (TPSA) is 69.7 Å². The molecule has 10 heteroatoms. The third kappa shape index (κ3) is 4.58. The van der Waals surface area contributed by atoms with Crippen molar-refractivity contribution in [2.45, 2.75) is 24.2 Å². The number of amides is 1. The first-order valence-electron chi connectivity index (χ1n) is 9.38. The van der Waals surface area contributed by atoms with Gasteiger partial charge in [0.15, 0.2) is 11.6 Å². The molecule has 2 aromatic rings. The van der Waals surface area contributed by atoms with Gasteiger partial charge in [0, 0.05) is 27.2 Å². The first-order chi connectivity index (χ1) is 14.1. The van der Waals surface area contributed by atoms with Crippen LogP contribution in [0.4, 0.5) is 20.2 Å². The molecular formula is C20H22ClF2N3O3S. The molecule has 0 radical (unpaired) electrons. The predicted molar refractivity (Wildman–Crippen MR) is 113 cm³/mol. The van der Waals surface area contributed by atoms with Crippen molar-refractivity contribution in [3.8, 4) is 0 Å². The Hall–Kier alpha value is -2.23. The Morgan fingerprint density at radius 1 is 1.07 bits per heavy atom. The maximum Gasteiger partial charge on any atom is 0.257 e. The van der Waals surface area contributed by atoms with Gasteiger partial charge >= 0.3 is 0 Å². The first kappa shape index (κ1) is 22.5. The van der Waals surface area contributed by atoms with E-state index in [9.17, 15) is 22.0 Å². The number of carbonyl (C=O) groups excluding carboxylic acids is 1. The molecule has 2 aromatic carbocycles. The summed E-state index contributed by atoms with van der Waals surface area (Å²) in [5.41, 5.74) is 0.494. The van der Waals surface area contributed by atoms with E-state index in [1.165, 1.54) is 16.4 Å².